The highest BCUT2D eigenvalue weighted by Gasteiger charge is 2.32. The van der Waals surface area contributed by atoms with Crippen molar-refractivity contribution in [2.45, 2.75) is 11.8 Å². The summed E-state index contributed by atoms with van der Waals surface area (Å²) in [4.78, 5) is 15.4. The van der Waals surface area contributed by atoms with Crippen LogP contribution in [0.4, 0.5) is 5.69 Å². The van der Waals surface area contributed by atoms with Crippen LogP contribution in [0.1, 0.15) is 6.92 Å². The van der Waals surface area contributed by atoms with Crippen molar-refractivity contribution in [2.75, 3.05) is 65.1 Å². The number of hydrogen-bond acceptors (Lipinski definition) is 9. The molecular formula is C26H31ClN4O7S. The van der Waals surface area contributed by atoms with Crippen molar-refractivity contribution in [3.63, 3.8) is 0 Å². The quantitative estimate of drug-likeness (QED) is 0.317. The first kappa shape index (κ1) is 28.7. The predicted molar refractivity (Wildman–Crippen MR) is 147 cm³/mol. The smallest absolute Gasteiger partial charge is 0.316 e. The SMILES string of the molecule is CCOCCOc1c(N2CCN(S(=O)(=O)c3ccc(OC)cc3OC)CC2)cnn(-c2cccc(Cl)c2)c1=O. The number of ether oxygens (including phenoxy) is 4. The number of methoxy groups -OCH3 is 2. The lowest BCUT2D eigenvalue weighted by atomic mass is 10.3. The van der Waals surface area contributed by atoms with Crippen molar-refractivity contribution in [1.82, 2.24) is 14.1 Å². The Balaban J connectivity index is 1.59. The van der Waals surface area contributed by atoms with Crippen molar-refractivity contribution in [1.29, 1.82) is 0 Å². The maximum atomic E-state index is 13.5. The molecule has 1 fully saturated rings. The number of sulfonamides is 1. The monoisotopic (exact) mass is 578 g/mol. The van der Waals surface area contributed by atoms with E-state index >= 15 is 0 Å². The van der Waals surface area contributed by atoms with Crippen molar-refractivity contribution in [2.24, 2.45) is 0 Å². The second-order valence-electron chi connectivity index (χ2n) is 8.51. The molecule has 1 aromatic heterocycles. The van der Waals surface area contributed by atoms with E-state index < -0.39 is 15.6 Å². The summed E-state index contributed by atoms with van der Waals surface area (Å²) in [6.45, 7) is 3.89. The highest BCUT2D eigenvalue weighted by Crippen LogP contribution is 2.32. The van der Waals surface area contributed by atoms with Crippen LogP contribution in [0.15, 0.2) is 58.4 Å². The summed E-state index contributed by atoms with van der Waals surface area (Å²) >= 11 is 6.12. The van der Waals surface area contributed by atoms with E-state index in [4.69, 9.17) is 30.5 Å². The van der Waals surface area contributed by atoms with E-state index in [1.54, 1.807) is 36.5 Å². The third-order valence-electron chi connectivity index (χ3n) is 6.21. The molecule has 0 bridgehead atoms. The molecule has 1 saturated heterocycles. The van der Waals surface area contributed by atoms with Crippen LogP contribution in [0.5, 0.6) is 17.2 Å². The lowest BCUT2D eigenvalue weighted by molar-refractivity contribution is 0.109. The summed E-state index contributed by atoms with van der Waals surface area (Å²) in [5, 5.41) is 4.82. The van der Waals surface area contributed by atoms with Crippen LogP contribution in [0.25, 0.3) is 5.69 Å². The molecule has 11 nitrogen and oxygen atoms in total. The van der Waals surface area contributed by atoms with Gasteiger partial charge in [0.25, 0.3) is 0 Å². The zero-order valence-corrected chi connectivity index (χ0v) is 23.6. The van der Waals surface area contributed by atoms with Crippen molar-refractivity contribution in [3.8, 4) is 22.9 Å². The first-order chi connectivity index (χ1) is 18.8. The Labute approximate surface area is 232 Å². The molecule has 1 aliphatic heterocycles. The highest BCUT2D eigenvalue weighted by atomic mass is 35.5. The van der Waals surface area contributed by atoms with E-state index in [0.717, 1.165) is 0 Å². The number of hydrogen-bond donors (Lipinski definition) is 0. The fourth-order valence-corrected chi connectivity index (χ4v) is 5.97. The van der Waals surface area contributed by atoms with Crippen LogP contribution < -0.4 is 24.7 Å². The van der Waals surface area contributed by atoms with Gasteiger partial charge in [-0.3, -0.25) is 4.79 Å². The van der Waals surface area contributed by atoms with E-state index in [-0.39, 0.29) is 36.1 Å². The predicted octanol–water partition coefficient (Wildman–Crippen LogP) is 2.83. The third kappa shape index (κ3) is 6.30. The Morgan fingerprint density at radius 1 is 1.00 bits per heavy atom. The number of nitrogens with zero attached hydrogens (tertiary/aromatic N) is 4. The molecule has 0 radical (unpaired) electrons. The molecule has 3 aromatic rings. The van der Waals surface area contributed by atoms with Gasteiger partial charge in [0.05, 0.1) is 32.7 Å². The molecule has 0 unspecified atom stereocenters. The third-order valence-corrected chi connectivity index (χ3v) is 8.39. The van der Waals surface area contributed by atoms with Crippen LogP contribution in [0.3, 0.4) is 0 Å². The first-order valence-corrected chi connectivity index (χ1v) is 14.2. The molecule has 0 aliphatic carbocycles. The maximum Gasteiger partial charge on any atom is 0.316 e. The van der Waals surface area contributed by atoms with Gasteiger partial charge in [0.1, 0.15) is 28.7 Å². The van der Waals surface area contributed by atoms with E-state index in [2.05, 4.69) is 5.10 Å². The Hall–Kier alpha value is -3.32. The number of rotatable bonds is 11. The highest BCUT2D eigenvalue weighted by molar-refractivity contribution is 7.89. The Morgan fingerprint density at radius 2 is 1.77 bits per heavy atom. The van der Waals surface area contributed by atoms with Gasteiger partial charge in [-0.1, -0.05) is 17.7 Å². The van der Waals surface area contributed by atoms with Crippen LogP contribution in [0, 0.1) is 0 Å². The first-order valence-electron chi connectivity index (χ1n) is 12.4. The van der Waals surface area contributed by atoms with Gasteiger partial charge in [0, 0.05) is 43.9 Å². The number of anilines is 1. The molecule has 0 atom stereocenters. The van der Waals surface area contributed by atoms with E-state index in [9.17, 15) is 13.2 Å². The molecule has 1 aliphatic rings. The molecule has 0 amide bonds. The van der Waals surface area contributed by atoms with E-state index in [1.165, 1.54) is 35.3 Å². The van der Waals surface area contributed by atoms with Crippen molar-refractivity contribution in [3.05, 3.63) is 64.0 Å². The molecular weight excluding hydrogens is 548 g/mol. The number of benzene rings is 2. The normalized spacial score (nSPS) is 14.3. The number of halogens is 1. The van der Waals surface area contributed by atoms with Gasteiger partial charge >= 0.3 is 5.56 Å². The minimum Gasteiger partial charge on any atom is -0.497 e. The van der Waals surface area contributed by atoms with Crippen molar-refractivity contribution < 1.29 is 27.4 Å². The Bertz CT molecular complexity index is 1460. The molecule has 39 heavy (non-hydrogen) atoms. The van der Waals surface area contributed by atoms with Crippen LogP contribution >= 0.6 is 11.6 Å². The molecule has 2 heterocycles. The molecule has 0 N–H and O–H groups in total. The van der Waals surface area contributed by atoms with Gasteiger partial charge in [-0.25, -0.2) is 8.42 Å². The minimum atomic E-state index is -3.84. The number of aromatic nitrogens is 2. The second-order valence-corrected chi connectivity index (χ2v) is 10.9. The summed E-state index contributed by atoms with van der Waals surface area (Å²) in [5.74, 6) is 0.806. The molecule has 0 saturated carbocycles. The molecule has 4 rings (SSSR count). The van der Waals surface area contributed by atoms with Crippen molar-refractivity contribution >= 4 is 27.3 Å². The summed E-state index contributed by atoms with van der Waals surface area (Å²) in [6.07, 6.45) is 1.55. The van der Waals surface area contributed by atoms with Gasteiger partial charge < -0.3 is 23.8 Å². The lowest BCUT2D eigenvalue weighted by Gasteiger charge is -2.35. The van der Waals surface area contributed by atoms with Gasteiger partial charge in [0.2, 0.25) is 15.8 Å². The summed E-state index contributed by atoms with van der Waals surface area (Å²) in [5.41, 5.74) is 0.524. The summed E-state index contributed by atoms with van der Waals surface area (Å²) in [6, 6.07) is 11.4. The largest absolute Gasteiger partial charge is 0.497 e. The van der Waals surface area contributed by atoms with Crippen LogP contribution in [0.2, 0.25) is 5.02 Å². The van der Waals surface area contributed by atoms with Crippen LogP contribution in [-0.2, 0) is 14.8 Å². The zero-order chi connectivity index (χ0) is 28.0. The van der Waals surface area contributed by atoms with E-state index in [0.29, 0.717) is 48.5 Å². The number of piperazine rings is 1. The standard InChI is InChI=1S/C26H31ClN4O7S/c1-4-37-14-15-38-25-22(18-28-31(26(25)32)20-7-5-6-19(27)16-20)29-10-12-30(13-11-29)39(33,34)24-9-8-21(35-2)17-23(24)36-3/h5-9,16-18H,4,10-15H2,1-3H3. The van der Waals surface area contributed by atoms with Gasteiger partial charge in [-0.2, -0.15) is 14.1 Å². The van der Waals surface area contributed by atoms with E-state index in [1.807, 2.05) is 11.8 Å². The molecule has 210 valence electrons. The fourth-order valence-electron chi connectivity index (χ4n) is 4.23. The maximum absolute atomic E-state index is 13.5. The fraction of sp³-hybridized carbons (Fsp3) is 0.385. The molecule has 13 heteroatoms. The molecule has 2 aromatic carbocycles. The Morgan fingerprint density at radius 3 is 2.44 bits per heavy atom. The van der Waals surface area contributed by atoms with Crippen LogP contribution in [-0.4, -0.2) is 82.7 Å². The summed E-state index contributed by atoms with van der Waals surface area (Å²) < 4.78 is 51.3. The minimum absolute atomic E-state index is 0.0602. The topological polar surface area (TPSA) is 112 Å². The van der Waals surface area contributed by atoms with Gasteiger partial charge in [-0.15, -0.1) is 0 Å². The molecule has 0 spiro atoms. The second kappa shape index (κ2) is 12.7. The lowest BCUT2D eigenvalue weighted by Crippen LogP contribution is -2.49. The zero-order valence-electron chi connectivity index (χ0n) is 22.0. The summed E-state index contributed by atoms with van der Waals surface area (Å²) in [7, 11) is -0.923. The average Bonchev–Trinajstić information content (AvgIpc) is 2.95. The Kier molecular flexibility index (Phi) is 9.33. The average molecular weight is 579 g/mol. The van der Waals surface area contributed by atoms with Gasteiger partial charge in [0.15, 0.2) is 0 Å². The van der Waals surface area contributed by atoms with Gasteiger partial charge in [-0.05, 0) is 37.3 Å².